The van der Waals surface area contributed by atoms with Crippen LogP contribution >= 0.6 is 15.2 Å². The minimum absolute atomic E-state index is 0.135. The molecule has 11 heteroatoms. The van der Waals surface area contributed by atoms with Crippen molar-refractivity contribution in [3.05, 3.63) is 0 Å². The fourth-order valence-corrected chi connectivity index (χ4v) is 4.30. The Kier molecular flexibility index (Phi) is 18.4. The van der Waals surface area contributed by atoms with Crippen molar-refractivity contribution in [3.8, 4) is 0 Å². The molecule has 0 rings (SSSR count). The van der Waals surface area contributed by atoms with E-state index < -0.39 is 21.5 Å². The maximum atomic E-state index is 12.2. The lowest BCUT2D eigenvalue weighted by Crippen LogP contribution is -2.23. The molecule has 0 aromatic rings. The van der Waals surface area contributed by atoms with Gasteiger partial charge in [-0.25, -0.2) is 0 Å². The third-order valence-corrected chi connectivity index (χ3v) is 6.48. The average molecular weight is 420 g/mol. The third kappa shape index (κ3) is 14.0. The molecule has 0 saturated carbocycles. The highest BCUT2D eigenvalue weighted by Crippen LogP contribution is 2.49. The Labute approximate surface area is 157 Å². The van der Waals surface area contributed by atoms with Crippen LogP contribution in [0.2, 0.25) is 0 Å². The summed E-state index contributed by atoms with van der Waals surface area (Å²) < 4.78 is 53.5. The van der Waals surface area contributed by atoms with Crippen molar-refractivity contribution in [2.75, 3.05) is 52.5 Å². The molecule has 158 valence electrons. The lowest BCUT2D eigenvalue weighted by Gasteiger charge is -2.22. The molecule has 0 amide bonds. The summed E-state index contributed by atoms with van der Waals surface area (Å²) in [7, 11) is -4.89. The van der Waals surface area contributed by atoms with E-state index in [1.165, 1.54) is 7.11 Å². The molecular weight excluding hydrogens is 386 g/mol. The number of hydrogen-bond donors (Lipinski definition) is 0. The number of carbonyl (C=O) groups excluding carboxylic acids is 1. The first kappa shape index (κ1) is 28.1. The van der Waals surface area contributed by atoms with Gasteiger partial charge in [-0.2, -0.15) is 0 Å². The normalized spacial score (nSPS) is 13.8. The smallest absolute Gasteiger partial charge is 0.337 e. The number of aldehydes is 1. The van der Waals surface area contributed by atoms with Gasteiger partial charge in [0.2, 0.25) is 0 Å². The third-order valence-electron chi connectivity index (χ3n) is 2.63. The van der Waals surface area contributed by atoms with Gasteiger partial charge in [0.25, 0.3) is 0 Å². The van der Waals surface area contributed by atoms with Crippen LogP contribution in [0, 0.1) is 0 Å². The van der Waals surface area contributed by atoms with E-state index >= 15 is 0 Å². The highest BCUT2D eigenvalue weighted by Gasteiger charge is 2.29. The maximum Gasteiger partial charge on any atom is 0.337 e. The Morgan fingerprint density at radius 2 is 1.19 bits per heavy atom. The van der Waals surface area contributed by atoms with Crippen molar-refractivity contribution in [1.29, 1.82) is 0 Å². The molecule has 0 fully saturated rings. The molecule has 0 spiro atoms. The van der Waals surface area contributed by atoms with Crippen LogP contribution in [0.4, 0.5) is 0 Å². The number of rotatable bonds is 15. The zero-order valence-electron chi connectivity index (χ0n) is 16.7. The largest absolute Gasteiger partial charge is 0.352 e. The summed E-state index contributed by atoms with van der Waals surface area (Å²) in [5.74, 6) is 0. The lowest BCUT2D eigenvalue weighted by atomic mass is 10.7. The van der Waals surface area contributed by atoms with Crippen LogP contribution in [-0.4, -0.2) is 65.0 Å². The molecule has 0 heterocycles. The van der Waals surface area contributed by atoms with Gasteiger partial charge >= 0.3 is 15.2 Å². The summed E-state index contributed by atoms with van der Waals surface area (Å²) >= 11 is 0. The average Bonchev–Trinajstić information content (AvgIpc) is 2.56. The van der Waals surface area contributed by atoms with E-state index in [1.807, 2.05) is 13.8 Å². The number of hydrogen-bond acceptors (Lipinski definition) is 9. The topological polar surface area (TPSA) is 107 Å². The van der Waals surface area contributed by atoms with Gasteiger partial charge in [-0.05, 0) is 34.6 Å². The standard InChI is InChI=1S/C10H23O5P.C5H11O4P/c1-5-12-10(13-6-2)9-16(11,14-7-3)15-8-4;1-3-9-10(7,8-2)5-4-6/h10H,5-9H2,1-4H3;4H,3,5H2,1-2H3. The molecule has 0 N–H and O–H groups in total. The van der Waals surface area contributed by atoms with Gasteiger partial charge in [-0.15, -0.1) is 0 Å². The highest BCUT2D eigenvalue weighted by atomic mass is 31.2. The van der Waals surface area contributed by atoms with Crippen molar-refractivity contribution < 1.29 is 41.5 Å². The molecule has 0 saturated heterocycles. The van der Waals surface area contributed by atoms with Crippen molar-refractivity contribution in [1.82, 2.24) is 0 Å². The number of ether oxygens (including phenoxy) is 2. The second-order valence-corrected chi connectivity index (χ2v) is 8.84. The van der Waals surface area contributed by atoms with Crippen molar-refractivity contribution in [2.24, 2.45) is 0 Å². The van der Waals surface area contributed by atoms with Crippen molar-refractivity contribution >= 4 is 21.5 Å². The quantitative estimate of drug-likeness (QED) is 0.223. The van der Waals surface area contributed by atoms with Crippen LogP contribution in [0.1, 0.15) is 34.6 Å². The molecule has 1 unspecified atom stereocenters. The van der Waals surface area contributed by atoms with Crippen LogP contribution in [0.15, 0.2) is 0 Å². The Balaban J connectivity index is 0. The van der Waals surface area contributed by atoms with E-state index in [1.54, 1.807) is 20.8 Å². The Morgan fingerprint density at radius 3 is 1.50 bits per heavy atom. The summed E-state index contributed by atoms with van der Waals surface area (Å²) in [6.07, 6.45) is -0.0351. The molecular formula is C15H34O9P2. The van der Waals surface area contributed by atoms with Gasteiger partial charge in [0, 0.05) is 20.3 Å². The van der Waals surface area contributed by atoms with Gasteiger partial charge in [-0.3, -0.25) is 9.13 Å². The molecule has 0 radical (unpaired) electrons. The fourth-order valence-electron chi connectivity index (χ4n) is 1.71. The predicted octanol–water partition coefficient (Wildman–Crippen LogP) is 3.71. The zero-order chi connectivity index (χ0) is 20.5. The van der Waals surface area contributed by atoms with Gasteiger partial charge in [0.05, 0.1) is 19.8 Å². The minimum atomic E-state index is -3.08. The molecule has 9 nitrogen and oxygen atoms in total. The van der Waals surface area contributed by atoms with Crippen LogP contribution < -0.4 is 0 Å². The Morgan fingerprint density at radius 1 is 0.769 bits per heavy atom. The van der Waals surface area contributed by atoms with Crippen LogP contribution in [0.3, 0.4) is 0 Å². The highest BCUT2D eigenvalue weighted by molar-refractivity contribution is 7.54. The maximum absolute atomic E-state index is 12.2. The van der Waals surface area contributed by atoms with E-state index in [0.717, 1.165) is 0 Å². The molecule has 0 bridgehead atoms. The molecule has 0 aliphatic heterocycles. The van der Waals surface area contributed by atoms with Crippen LogP contribution in [-0.2, 0) is 41.5 Å². The molecule has 0 aliphatic rings. The summed E-state index contributed by atoms with van der Waals surface area (Å²) in [6.45, 7) is 11.0. The fraction of sp³-hybridized carbons (Fsp3) is 0.933. The molecule has 26 heavy (non-hydrogen) atoms. The zero-order valence-corrected chi connectivity index (χ0v) is 18.5. The summed E-state index contributed by atoms with van der Waals surface area (Å²) in [6, 6.07) is 0. The predicted molar refractivity (Wildman–Crippen MR) is 99.9 cm³/mol. The first-order valence-corrected chi connectivity index (χ1v) is 12.1. The van der Waals surface area contributed by atoms with E-state index in [2.05, 4.69) is 4.52 Å². The Bertz CT molecular complexity index is 415. The molecule has 0 aromatic carbocycles. The number of carbonyl (C=O) groups is 1. The van der Waals surface area contributed by atoms with Gasteiger partial charge in [0.15, 0.2) is 6.29 Å². The van der Waals surface area contributed by atoms with E-state index in [4.69, 9.17) is 23.0 Å². The van der Waals surface area contributed by atoms with Gasteiger partial charge in [0.1, 0.15) is 18.6 Å². The van der Waals surface area contributed by atoms with Crippen LogP contribution in [0.25, 0.3) is 0 Å². The van der Waals surface area contributed by atoms with E-state index in [9.17, 15) is 13.9 Å². The van der Waals surface area contributed by atoms with E-state index in [0.29, 0.717) is 39.3 Å². The summed E-state index contributed by atoms with van der Waals surface area (Å²) in [5.41, 5.74) is 0. The first-order chi connectivity index (χ1) is 12.3. The molecule has 0 aromatic heterocycles. The second-order valence-electron chi connectivity index (χ2n) is 4.53. The Hall–Kier alpha value is -0.110. The summed E-state index contributed by atoms with van der Waals surface area (Å²) in [4.78, 5) is 9.92. The lowest BCUT2D eigenvalue weighted by molar-refractivity contribution is -0.123. The first-order valence-electron chi connectivity index (χ1n) is 8.64. The van der Waals surface area contributed by atoms with Crippen molar-refractivity contribution in [2.45, 2.75) is 40.9 Å². The SMILES string of the molecule is CCOC(CP(=O)(OCC)OCC)OCC.CCOP(=O)(CC=O)OC. The van der Waals surface area contributed by atoms with E-state index in [-0.39, 0.29) is 12.3 Å². The van der Waals surface area contributed by atoms with Crippen molar-refractivity contribution in [3.63, 3.8) is 0 Å². The second kappa shape index (κ2) is 17.0. The van der Waals surface area contributed by atoms with Gasteiger partial charge < -0.3 is 32.4 Å². The monoisotopic (exact) mass is 420 g/mol. The molecule has 1 atom stereocenters. The summed E-state index contributed by atoms with van der Waals surface area (Å²) in [5, 5.41) is 0. The minimum Gasteiger partial charge on any atom is -0.352 e. The van der Waals surface area contributed by atoms with Crippen LogP contribution in [0.5, 0.6) is 0 Å². The van der Waals surface area contributed by atoms with Gasteiger partial charge in [-0.1, -0.05) is 0 Å². The molecule has 0 aliphatic carbocycles.